The normalized spacial score (nSPS) is 12.5. The molecule has 0 bridgehead atoms. The van der Waals surface area contributed by atoms with Crippen LogP contribution in [0.2, 0.25) is 0 Å². The minimum Gasteiger partial charge on any atom is -0.494 e. The minimum atomic E-state index is -4.66. The molecule has 1 heterocycles. The number of anilines is 1. The number of amides is 2. The molecule has 6 nitrogen and oxygen atoms in total. The van der Waals surface area contributed by atoms with Gasteiger partial charge in [0.25, 0.3) is 0 Å². The molecule has 1 aromatic carbocycles. The molecule has 0 saturated carbocycles. The standard InChI is InChI=1S/C16H17F3N2O4/c1-2-24-10-5-6-12(11(8-10)16(17,18)19)21-15(23)20-9-13(22)14-4-3-7-25-14/h3-8,13,22H,2,9H2,1H3,(H2,20,21,23). The van der Waals surface area contributed by atoms with Gasteiger partial charge in [0.15, 0.2) is 0 Å². The first-order chi connectivity index (χ1) is 11.8. The number of halogens is 3. The lowest BCUT2D eigenvalue weighted by Crippen LogP contribution is -2.33. The van der Waals surface area contributed by atoms with Crippen molar-refractivity contribution in [3.63, 3.8) is 0 Å². The summed E-state index contributed by atoms with van der Waals surface area (Å²) in [6.45, 7) is 1.64. The van der Waals surface area contributed by atoms with Crippen molar-refractivity contribution in [2.75, 3.05) is 18.5 Å². The van der Waals surface area contributed by atoms with Crippen molar-refractivity contribution in [2.45, 2.75) is 19.2 Å². The highest BCUT2D eigenvalue weighted by Gasteiger charge is 2.34. The van der Waals surface area contributed by atoms with Crippen LogP contribution in [0.4, 0.5) is 23.7 Å². The summed E-state index contributed by atoms with van der Waals surface area (Å²) in [4.78, 5) is 11.8. The topological polar surface area (TPSA) is 83.7 Å². The fourth-order valence-electron chi connectivity index (χ4n) is 2.06. The van der Waals surface area contributed by atoms with Crippen LogP contribution < -0.4 is 15.4 Å². The van der Waals surface area contributed by atoms with Crippen molar-refractivity contribution in [2.24, 2.45) is 0 Å². The van der Waals surface area contributed by atoms with Gasteiger partial charge in [-0.05, 0) is 37.3 Å². The minimum absolute atomic E-state index is 0.0500. The van der Waals surface area contributed by atoms with E-state index in [0.29, 0.717) is 0 Å². The molecular weight excluding hydrogens is 341 g/mol. The van der Waals surface area contributed by atoms with E-state index in [1.54, 1.807) is 13.0 Å². The highest BCUT2D eigenvalue weighted by molar-refractivity contribution is 5.90. The number of carbonyl (C=O) groups is 1. The number of rotatable bonds is 6. The molecule has 1 unspecified atom stereocenters. The molecule has 0 spiro atoms. The number of benzene rings is 1. The van der Waals surface area contributed by atoms with Crippen molar-refractivity contribution >= 4 is 11.7 Å². The van der Waals surface area contributed by atoms with Crippen LogP contribution in [0.5, 0.6) is 5.75 Å². The van der Waals surface area contributed by atoms with Crippen molar-refractivity contribution in [3.05, 3.63) is 47.9 Å². The van der Waals surface area contributed by atoms with Gasteiger partial charge < -0.3 is 24.9 Å². The van der Waals surface area contributed by atoms with Crippen LogP contribution in [0.3, 0.4) is 0 Å². The zero-order valence-electron chi connectivity index (χ0n) is 13.3. The summed E-state index contributed by atoms with van der Waals surface area (Å²) in [6.07, 6.45) is -4.42. The first-order valence-electron chi connectivity index (χ1n) is 7.41. The van der Waals surface area contributed by atoms with E-state index in [4.69, 9.17) is 9.15 Å². The molecular formula is C16H17F3N2O4. The summed E-state index contributed by atoms with van der Waals surface area (Å²) >= 11 is 0. The third kappa shape index (κ3) is 5.15. The molecule has 25 heavy (non-hydrogen) atoms. The summed E-state index contributed by atoms with van der Waals surface area (Å²) in [6, 6.07) is 5.44. The zero-order valence-corrected chi connectivity index (χ0v) is 13.3. The lowest BCUT2D eigenvalue weighted by molar-refractivity contribution is -0.137. The summed E-state index contributed by atoms with van der Waals surface area (Å²) < 4.78 is 49.4. The largest absolute Gasteiger partial charge is 0.494 e. The second-order valence-corrected chi connectivity index (χ2v) is 5.00. The second kappa shape index (κ2) is 7.93. The van der Waals surface area contributed by atoms with E-state index in [2.05, 4.69) is 10.6 Å². The maximum absolute atomic E-state index is 13.1. The molecule has 2 rings (SSSR count). The number of carbonyl (C=O) groups excluding carboxylic acids is 1. The number of ether oxygens (including phenoxy) is 1. The Morgan fingerprint density at radius 3 is 2.72 bits per heavy atom. The fourth-order valence-corrected chi connectivity index (χ4v) is 2.06. The van der Waals surface area contributed by atoms with E-state index in [9.17, 15) is 23.1 Å². The molecule has 0 fully saturated rings. The highest BCUT2D eigenvalue weighted by Crippen LogP contribution is 2.37. The maximum atomic E-state index is 13.1. The number of hydrogen-bond acceptors (Lipinski definition) is 4. The Hall–Kier alpha value is -2.68. The molecule has 1 aromatic heterocycles. The van der Waals surface area contributed by atoms with Crippen LogP contribution in [0, 0.1) is 0 Å². The number of furan rings is 1. The van der Waals surface area contributed by atoms with Crippen LogP contribution in [0.25, 0.3) is 0 Å². The number of nitrogens with one attached hydrogen (secondary N) is 2. The first-order valence-corrected chi connectivity index (χ1v) is 7.41. The summed E-state index contributed by atoms with van der Waals surface area (Å²) in [5, 5.41) is 14.2. The Kier molecular flexibility index (Phi) is 5.92. The average molecular weight is 358 g/mol. The van der Waals surface area contributed by atoms with Gasteiger partial charge in [-0.25, -0.2) is 4.79 Å². The van der Waals surface area contributed by atoms with Crippen LogP contribution in [0.15, 0.2) is 41.0 Å². The second-order valence-electron chi connectivity index (χ2n) is 5.00. The molecule has 0 aliphatic carbocycles. The van der Waals surface area contributed by atoms with Crippen LogP contribution >= 0.6 is 0 Å². The molecule has 3 N–H and O–H groups in total. The van der Waals surface area contributed by atoms with Gasteiger partial charge in [-0.15, -0.1) is 0 Å². The van der Waals surface area contributed by atoms with Crippen molar-refractivity contribution in [3.8, 4) is 5.75 Å². The lowest BCUT2D eigenvalue weighted by atomic mass is 10.1. The van der Waals surface area contributed by atoms with E-state index >= 15 is 0 Å². The first kappa shape index (κ1) is 18.7. The molecule has 9 heteroatoms. The molecule has 0 saturated heterocycles. The van der Waals surface area contributed by atoms with Crippen LogP contribution in [0.1, 0.15) is 24.4 Å². The Labute approximate surface area is 141 Å². The smallest absolute Gasteiger partial charge is 0.418 e. The van der Waals surface area contributed by atoms with Gasteiger partial charge in [-0.1, -0.05) is 0 Å². The third-order valence-electron chi connectivity index (χ3n) is 3.18. The van der Waals surface area contributed by atoms with Gasteiger partial charge in [-0.3, -0.25) is 0 Å². The van der Waals surface area contributed by atoms with E-state index in [-0.39, 0.29) is 24.7 Å². The number of aliphatic hydroxyl groups excluding tert-OH is 1. The number of alkyl halides is 3. The Morgan fingerprint density at radius 2 is 2.12 bits per heavy atom. The summed E-state index contributed by atoms with van der Waals surface area (Å²) in [5.41, 5.74) is -1.44. The predicted molar refractivity (Wildman–Crippen MR) is 83.3 cm³/mol. The molecule has 2 aromatic rings. The fraction of sp³-hybridized carbons (Fsp3) is 0.312. The van der Waals surface area contributed by atoms with E-state index < -0.39 is 29.6 Å². The van der Waals surface area contributed by atoms with Crippen LogP contribution in [-0.4, -0.2) is 24.3 Å². The molecule has 136 valence electrons. The summed E-state index contributed by atoms with van der Waals surface area (Å²) in [5.74, 6) is 0.284. The molecule has 0 aliphatic rings. The number of hydrogen-bond donors (Lipinski definition) is 3. The molecule has 1 atom stereocenters. The van der Waals surface area contributed by atoms with Gasteiger partial charge in [-0.2, -0.15) is 13.2 Å². The quantitative estimate of drug-likeness (QED) is 0.737. The zero-order chi connectivity index (χ0) is 18.4. The van der Waals surface area contributed by atoms with Crippen molar-refractivity contribution in [1.29, 1.82) is 0 Å². The van der Waals surface area contributed by atoms with Crippen LogP contribution in [-0.2, 0) is 6.18 Å². The van der Waals surface area contributed by atoms with E-state index in [0.717, 1.165) is 12.1 Å². The van der Waals surface area contributed by atoms with E-state index in [1.165, 1.54) is 18.4 Å². The Bertz CT molecular complexity index is 702. The third-order valence-corrected chi connectivity index (χ3v) is 3.18. The maximum Gasteiger partial charge on any atom is 0.418 e. The average Bonchev–Trinajstić information content (AvgIpc) is 3.08. The van der Waals surface area contributed by atoms with Gasteiger partial charge >= 0.3 is 12.2 Å². The molecule has 0 aliphatic heterocycles. The number of urea groups is 1. The van der Waals surface area contributed by atoms with Crippen molar-refractivity contribution in [1.82, 2.24) is 5.32 Å². The molecule has 0 radical (unpaired) electrons. The van der Waals surface area contributed by atoms with Gasteiger partial charge in [0, 0.05) is 0 Å². The monoisotopic (exact) mass is 358 g/mol. The van der Waals surface area contributed by atoms with Crippen molar-refractivity contribution < 1.29 is 32.2 Å². The molecule has 2 amide bonds. The predicted octanol–water partition coefficient (Wildman–Crippen LogP) is 3.55. The van der Waals surface area contributed by atoms with Gasteiger partial charge in [0.2, 0.25) is 0 Å². The highest BCUT2D eigenvalue weighted by atomic mass is 19.4. The van der Waals surface area contributed by atoms with E-state index in [1.807, 2.05) is 0 Å². The SMILES string of the molecule is CCOc1ccc(NC(=O)NCC(O)c2ccco2)c(C(F)(F)F)c1. The Morgan fingerprint density at radius 1 is 1.36 bits per heavy atom. The lowest BCUT2D eigenvalue weighted by Gasteiger charge is -2.16. The Balaban J connectivity index is 2.04. The number of aliphatic hydroxyl groups is 1. The summed E-state index contributed by atoms with van der Waals surface area (Å²) in [7, 11) is 0. The van der Waals surface area contributed by atoms with Gasteiger partial charge in [0.1, 0.15) is 17.6 Å². The van der Waals surface area contributed by atoms with Gasteiger partial charge in [0.05, 0.1) is 30.7 Å².